The Morgan fingerprint density at radius 1 is 1.33 bits per heavy atom. The number of benzene rings is 1. The van der Waals surface area contributed by atoms with Crippen molar-refractivity contribution in [1.82, 2.24) is 15.1 Å². The Morgan fingerprint density at radius 2 is 2.21 bits per heavy atom. The number of hydrogen-bond acceptors (Lipinski definition) is 5. The maximum Gasteiger partial charge on any atom is 0.227 e. The van der Waals surface area contributed by atoms with Crippen LogP contribution < -0.4 is 10.6 Å². The summed E-state index contributed by atoms with van der Waals surface area (Å²) in [5.74, 6) is 0.734. The second-order valence-corrected chi connectivity index (χ2v) is 5.98. The average Bonchev–Trinajstić information content (AvgIpc) is 3.07. The number of nitrogens with zero attached hydrogens (tertiary/aromatic N) is 3. The smallest absolute Gasteiger partial charge is 0.227 e. The Labute approximate surface area is 139 Å². The first-order valence-corrected chi connectivity index (χ1v) is 8.11. The van der Waals surface area contributed by atoms with E-state index < -0.39 is 0 Å². The number of carbonyl (C=O) groups is 1. The minimum absolute atomic E-state index is 0.0284. The van der Waals surface area contributed by atoms with Gasteiger partial charge in [-0.1, -0.05) is 18.2 Å². The molecule has 1 saturated heterocycles. The van der Waals surface area contributed by atoms with Gasteiger partial charge < -0.3 is 15.4 Å². The Morgan fingerprint density at radius 3 is 3.08 bits per heavy atom. The number of hydrogen-bond donors (Lipinski definition) is 2. The minimum atomic E-state index is -0.260. The normalized spacial score (nSPS) is 22.5. The third-order valence-electron chi connectivity index (χ3n) is 4.36. The molecule has 2 aliphatic rings. The van der Waals surface area contributed by atoms with E-state index >= 15 is 0 Å². The van der Waals surface area contributed by atoms with Gasteiger partial charge in [-0.15, -0.1) is 0 Å². The van der Waals surface area contributed by atoms with Gasteiger partial charge in [0.1, 0.15) is 0 Å². The van der Waals surface area contributed by atoms with E-state index in [-0.39, 0.29) is 18.1 Å². The molecule has 2 aromatic rings. The molecule has 0 spiro atoms. The number of carbonyl (C=O) groups excluding carboxylic acids is 1. The number of aliphatic imine (C=N–C) groups is 1. The standard InChI is InChI=1S/C17H19N5O2/c23-17(21-14-4-2-1-3-5-14)12-6-7-24-15(8-12)22-16-13(10-20-22)9-18-11-19-16/h1-5,10-12,15H,6-9H2,(H,18,19)(H,21,23). The molecule has 0 saturated carbocycles. The van der Waals surface area contributed by atoms with Crippen LogP contribution in [0.15, 0.2) is 41.5 Å². The van der Waals surface area contributed by atoms with Gasteiger partial charge >= 0.3 is 0 Å². The number of fused-ring (bicyclic) bond motifs is 1. The van der Waals surface area contributed by atoms with Crippen LogP contribution in [0.1, 0.15) is 24.6 Å². The molecule has 0 aliphatic carbocycles. The molecule has 2 atom stereocenters. The second-order valence-electron chi connectivity index (χ2n) is 5.98. The first kappa shape index (κ1) is 14.9. The highest BCUT2D eigenvalue weighted by atomic mass is 16.5. The quantitative estimate of drug-likeness (QED) is 0.906. The number of ether oxygens (including phenoxy) is 1. The summed E-state index contributed by atoms with van der Waals surface area (Å²) in [6, 6.07) is 9.52. The largest absolute Gasteiger partial charge is 0.372 e. The van der Waals surface area contributed by atoms with E-state index in [0.29, 0.717) is 26.0 Å². The van der Waals surface area contributed by atoms with E-state index in [1.807, 2.05) is 30.3 Å². The molecule has 2 N–H and O–H groups in total. The third kappa shape index (κ3) is 2.90. The van der Waals surface area contributed by atoms with Gasteiger partial charge in [0.25, 0.3) is 0 Å². The highest BCUT2D eigenvalue weighted by Crippen LogP contribution is 2.33. The first-order chi connectivity index (χ1) is 11.8. The second kappa shape index (κ2) is 6.45. The van der Waals surface area contributed by atoms with E-state index in [2.05, 4.69) is 20.7 Å². The number of nitrogens with one attached hydrogen (secondary N) is 2. The fourth-order valence-corrected chi connectivity index (χ4v) is 3.08. The van der Waals surface area contributed by atoms with Crippen molar-refractivity contribution < 1.29 is 9.53 Å². The van der Waals surface area contributed by atoms with Crippen LogP contribution in [0.3, 0.4) is 0 Å². The van der Waals surface area contributed by atoms with Gasteiger partial charge in [0, 0.05) is 30.1 Å². The van der Waals surface area contributed by atoms with Crippen LogP contribution in [0, 0.1) is 5.92 Å². The number of anilines is 1. The van der Waals surface area contributed by atoms with Crippen molar-refractivity contribution in [3.63, 3.8) is 0 Å². The number of amides is 1. The summed E-state index contributed by atoms with van der Waals surface area (Å²) >= 11 is 0. The molecule has 7 heteroatoms. The van der Waals surface area contributed by atoms with Crippen molar-refractivity contribution in [3.8, 4) is 0 Å². The molecule has 7 nitrogen and oxygen atoms in total. The van der Waals surface area contributed by atoms with Gasteiger partial charge in [-0.3, -0.25) is 4.79 Å². The summed E-state index contributed by atoms with van der Waals surface area (Å²) in [5, 5.41) is 10.4. The van der Waals surface area contributed by atoms with E-state index in [1.165, 1.54) is 0 Å². The Bertz CT molecular complexity index is 756. The van der Waals surface area contributed by atoms with Crippen LogP contribution >= 0.6 is 0 Å². The monoisotopic (exact) mass is 325 g/mol. The van der Waals surface area contributed by atoms with Crippen LogP contribution in [0.2, 0.25) is 0 Å². The van der Waals surface area contributed by atoms with Crippen molar-refractivity contribution in [2.45, 2.75) is 25.6 Å². The van der Waals surface area contributed by atoms with Crippen LogP contribution in [0.25, 0.3) is 0 Å². The van der Waals surface area contributed by atoms with Crippen molar-refractivity contribution in [2.75, 3.05) is 11.9 Å². The van der Waals surface area contributed by atoms with Crippen molar-refractivity contribution in [2.24, 2.45) is 10.9 Å². The molecule has 1 amide bonds. The van der Waals surface area contributed by atoms with Gasteiger partial charge in [-0.05, 0) is 18.6 Å². The molecule has 3 heterocycles. The fourth-order valence-electron chi connectivity index (χ4n) is 3.08. The number of aromatic nitrogens is 2. The van der Waals surface area contributed by atoms with Crippen molar-refractivity contribution in [1.29, 1.82) is 0 Å². The molecule has 2 unspecified atom stereocenters. The van der Waals surface area contributed by atoms with Gasteiger partial charge in [-0.25, -0.2) is 9.67 Å². The molecule has 1 aromatic heterocycles. The molecule has 4 rings (SSSR count). The molecule has 0 radical (unpaired) electrons. The molecule has 1 fully saturated rings. The van der Waals surface area contributed by atoms with Crippen LogP contribution in [-0.2, 0) is 16.1 Å². The molecule has 0 bridgehead atoms. The summed E-state index contributed by atoms with van der Waals surface area (Å²) in [7, 11) is 0. The lowest BCUT2D eigenvalue weighted by Gasteiger charge is -2.29. The lowest BCUT2D eigenvalue weighted by Crippen LogP contribution is -2.32. The Kier molecular flexibility index (Phi) is 4.00. The summed E-state index contributed by atoms with van der Waals surface area (Å²) in [6.45, 7) is 1.25. The van der Waals surface area contributed by atoms with Crippen molar-refractivity contribution >= 4 is 23.8 Å². The maximum atomic E-state index is 12.5. The number of rotatable bonds is 3. The van der Waals surface area contributed by atoms with Gasteiger partial charge in [0.05, 0.1) is 19.1 Å². The molecule has 1 aromatic carbocycles. The minimum Gasteiger partial charge on any atom is -0.372 e. The number of para-hydroxylation sites is 1. The van der Waals surface area contributed by atoms with Gasteiger partial charge in [0.15, 0.2) is 12.0 Å². The maximum absolute atomic E-state index is 12.5. The molecule has 124 valence electrons. The Balaban J connectivity index is 1.47. The lowest BCUT2D eigenvalue weighted by atomic mass is 9.97. The summed E-state index contributed by atoms with van der Waals surface area (Å²) < 4.78 is 7.63. The average molecular weight is 325 g/mol. The first-order valence-electron chi connectivity index (χ1n) is 8.11. The zero-order valence-corrected chi connectivity index (χ0v) is 13.2. The van der Waals surface area contributed by atoms with Crippen LogP contribution in [0.4, 0.5) is 11.5 Å². The van der Waals surface area contributed by atoms with E-state index in [1.54, 1.807) is 17.2 Å². The van der Waals surface area contributed by atoms with E-state index in [0.717, 1.165) is 17.1 Å². The zero-order valence-electron chi connectivity index (χ0n) is 13.2. The fraction of sp³-hybridized carbons (Fsp3) is 0.353. The third-order valence-corrected chi connectivity index (χ3v) is 4.36. The summed E-state index contributed by atoms with van der Waals surface area (Å²) in [5.41, 5.74) is 1.86. The van der Waals surface area contributed by atoms with Crippen molar-refractivity contribution in [3.05, 3.63) is 42.1 Å². The summed E-state index contributed by atoms with van der Waals surface area (Å²) in [6.07, 6.45) is 4.52. The highest BCUT2D eigenvalue weighted by molar-refractivity contribution is 5.92. The molecular weight excluding hydrogens is 306 g/mol. The van der Waals surface area contributed by atoms with Gasteiger partial charge in [0.2, 0.25) is 5.91 Å². The SMILES string of the molecule is O=C(Nc1ccccc1)C1CCOC(n2ncc3c2N=CNC3)C1. The van der Waals surface area contributed by atoms with E-state index in [4.69, 9.17) is 4.74 Å². The van der Waals surface area contributed by atoms with Crippen LogP contribution in [-0.4, -0.2) is 28.6 Å². The zero-order chi connectivity index (χ0) is 16.4. The van der Waals surface area contributed by atoms with E-state index in [9.17, 15) is 4.79 Å². The Hall–Kier alpha value is -2.67. The van der Waals surface area contributed by atoms with Gasteiger partial charge in [-0.2, -0.15) is 5.10 Å². The molecule has 24 heavy (non-hydrogen) atoms. The predicted octanol–water partition coefficient (Wildman–Crippen LogP) is 2.21. The predicted molar refractivity (Wildman–Crippen MR) is 90.0 cm³/mol. The highest BCUT2D eigenvalue weighted by Gasteiger charge is 2.31. The van der Waals surface area contributed by atoms with Crippen LogP contribution in [0.5, 0.6) is 0 Å². The topological polar surface area (TPSA) is 80.5 Å². The summed E-state index contributed by atoms with van der Waals surface area (Å²) in [4.78, 5) is 16.9. The lowest BCUT2D eigenvalue weighted by molar-refractivity contribution is -0.128. The molecular formula is C17H19N5O2. The molecule has 2 aliphatic heterocycles.